The van der Waals surface area contributed by atoms with Gasteiger partial charge in [0.05, 0.1) is 5.69 Å². The Balaban J connectivity index is 1.50. The van der Waals surface area contributed by atoms with E-state index in [2.05, 4.69) is 204 Å². The molecular formula is C53H63ClN2O. The van der Waals surface area contributed by atoms with Gasteiger partial charge in [0.2, 0.25) is 0 Å². The molecule has 3 nitrogen and oxygen atoms in total. The molecule has 0 radical (unpaired) electrons. The van der Waals surface area contributed by atoms with Gasteiger partial charge < -0.3 is 14.2 Å². The largest absolute Gasteiger partial charge is 0.462 e. The minimum absolute atomic E-state index is 0.0281. The van der Waals surface area contributed by atoms with Gasteiger partial charge in [-0.05, 0) is 141 Å². The van der Waals surface area contributed by atoms with Crippen molar-refractivity contribution < 1.29 is 4.42 Å². The van der Waals surface area contributed by atoms with Crippen molar-refractivity contribution in [2.24, 2.45) is 0 Å². The summed E-state index contributed by atoms with van der Waals surface area (Å²) in [4.78, 5) is 4.73. The summed E-state index contributed by atoms with van der Waals surface area (Å²) in [6.45, 7) is 32.2. The lowest BCUT2D eigenvalue weighted by atomic mass is 9.63. The van der Waals surface area contributed by atoms with Gasteiger partial charge in [0.25, 0.3) is 0 Å². The fourth-order valence-corrected chi connectivity index (χ4v) is 8.72. The molecule has 298 valence electrons. The van der Waals surface area contributed by atoms with Crippen LogP contribution in [-0.2, 0) is 27.1 Å². The predicted octanol–water partition coefficient (Wildman–Crippen LogP) is 16.6. The second-order valence-electron chi connectivity index (χ2n) is 21.0. The van der Waals surface area contributed by atoms with Crippen LogP contribution < -0.4 is 9.80 Å². The molecule has 1 aliphatic carbocycles. The van der Waals surface area contributed by atoms with E-state index in [1.807, 2.05) is 6.26 Å². The van der Waals surface area contributed by atoms with Crippen LogP contribution in [0.1, 0.15) is 136 Å². The number of nitrogens with zero attached hydrogens (tertiary/aromatic N) is 2. The Morgan fingerprint density at radius 1 is 0.509 bits per heavy atom. The van der Waals surface area contributed by atoms with Crippen molar-refractivity contribution in [3.8, 4) is 0 Å². The van der Waals surface area contributed by atoms with Crippen LogP contribution in [0, 0.1) is 6.92 Å². The average molecular weight is 780 g/mol. The highest BCUT2D eigenvalue weighted by molar-refractivity contribution is 6.31. The molecule has 1 aliphatic rings. The number of aryl methyl sites for hydroxylation is 1. The van der Waals surface area contributed by atoms with Crippen molar-refractivity contribution in [1.82, 2.24) is 0 Å². The van der Waals surface area contributed by atoms with Crippen molar-refractivity contribution >= 4 is 56.7 Å². The van der Waals surface area contributed by atoms with Crippen LogP contribution in [-0.4, -0.2) is 0 Å². The van der Waals surface area contributed by atoms with Gasteiger partial charge >= 0.3 is 0 Å². The monoisotopic (exact) mass is 778 g/mol. The van der Waals surface area contributed by atoms with Gasteiger partial charge in [0, 0.05) is 38.8 Å². The Morgan fingerprint density at radius 3 is 1.46 bits per heavy atom. The average Bonchev–Trinajstić information content (AvgIpc) is 3.53. The van der Waals surface area contributed by atoms with Crippen LogP contribution in [0.5, 0.6) is 0 Å². The van der Waals surface area contributed by atoms with E-state index in [1.165, 1.54) is 39.8 Å². The summed E-state index contributed by atoms with van der Waals surface area (Å²) in [6.07, 6.45) is 4.23. The summed E-state index contributed by atoms with van der Waals surface area (Å²) in [7, 11) is 0. The summed E-state index contributed by atoms with van der Waals surface area (Å²) < 4.78 is 6.41. The molecule has 1 aromatic heterocycles. The molecule has 0 N–H and O–H groups in total. The van der Waals surface area contributed by atoms with Crippen LogP contribution in [0.4, 0.5) is 34.1 Å². The number of furan rings is 1. The van der Waals surface area contributed by atoms with E-state index in [0.29, 0.717) is 5.02 Å². The second kappa shape index (κ2) is 14.1. The molecular weight excluding hydrogens is 716 g/mol. The quantitative estimate of drug-likeness (QED) is 0.168. The third-order valence-corrected chi connectivity index (χ3v) is 12.7. The van der Waals surface area contributed by atoms with E-state index in [9.17, 15) is 0 Å². The standard InChI is InChI=1S/C53H63ClN2O/c1-34-27-44-45(53(13,14)26-25-52(44,11)12)32-46(34)56(47-33-57-48-24-19-37(28-43(47)48)51(8,9)10)42-30-38(54)29-41(31-42)55(39-20-15-35(16-21-39)49(2,3)4)40-22-17-36(18-23-40)50(5,6)7/h15-24,27-33H,25-26H2,1-14H3. The molecule has 6 aromatic rings. The Bertz CT molecular complexity index is 2370. The Kier molecular flexibility index (Phi) is 10.1. The molecule has 0 aliphatic heterocycles. The van der Waals surface area contributed by atoms with E-state index in [1.54, 1.807) is 0 Å². The summed E-state index contributed by atoms with van der Waals surface area (Å²) in [5.41, 5.74) is 15.2. The highest BCUT2D eigenvalue weighted by Crippen LogP contribution is 2.51. The number of hydrogen-bond acceptors (Lipinski definition) is 3. The fourth-order valence-electron chi connectivity index (χ4n) is 8.50. The second-order valence-corrected chi connectivity index (χ2v) is 21.4. The first-order valence-electron chi connectivity index (χ1n) is 20.7. The smallest absolute Gasteiger partial charge is 0.136 e. The maximum absolute atomic E-state index is 7.30. The number of anilines is 6. The van der Waals surface area contributed by atoms with Crippen molar-refractivity contribution in [3.63, 3.8) is 0 Å². The zero-order valence-corrected chi connectivity index (χ0v) is 37.7. The van der Waals surface area contributed by atoms with Gasteiger partial charge in [-0.3, -0.25) is 0 Å². The molecule has 0 fully saturated rings. The molecule has 0 bridgehead atoms. The van der Waals surface area contributed by atoms with Crippen LogP contribution >= 0.6 is 11.6 Å². The molecule has 7 rings (SSSR count). The summed E-state index contributed by atoms with van der Waals surface area (Å²) in [5, 5.41) is 1.74. The summed E-state index contributed by atoms with van der Waals surface area (Å²) in [6, 6.07) is 36.0. The summed E-state index contributed by atoms with van der Waals surface area (Å²) >= 11 is 7.30. The van der Waals surface area contributed by atoms with Gasteiger partial charge in [0.15, 0.2) is 0 Å². The molecule has 0 atom stereocenters. The highest BCUT2D eigenvalue weighted by atomic mass is 35.5. The number of rotatable bonds is 6. The number of halogens is 1. The first kappa shape index (κ1) is 40.7. The molecule has 0 saturated heterocycles. The van der Waals surface area contributed by atoms with E-state index in [-0.39, 0.29) is 27.1 Å². The molecule has 0 amide bonds. The van der Waals surface area contributed by atoms with E-state index in [0.717, 1.165) is 51.5 Å². The normalized spacial score (nSPS) is 15.4. The first-order chi connectivity index (χ1) is 26.4. The van der Waals surface area contributed by atoms with Crippen molar-refractivity contribution in [2.45, 2.75) is 137 Å². The van der Waals surface area contributed by atoms with Gasteiger partial charge in [-0.2, -0.15) is 0 Å². The highest BCUT2D eigenvalue weighted by Gasteiger charge is 2.38. The first-order valence-corrected chi connectivity index (χ1v) is 21.1. The van der Waals surface area contributed by atoms with Gasteiger partial charge in [-0.1, -0.05) is 138 Å². The maximum atomic E-state index is 7.30. The van der Waals surface area contributed by atoms with Crippen LogP contribution in [0.3, 0.4) is 0 Å². The van der Waals surface area contributed by atoms with E-state index >= 15 is 0 Å². The number of hydrogen-bond donors (Lipinski definition) is 0. The molecule has 4 heteroatoms. The molecule has 0 spiro atoms. The number of fused-ring (bicyclic) bond motifs is 2. The van der Waals surface area contributed by atoms with Crippen molar-refractivity contribution in [2.75, 3.05) is 9.80 Å². The minimum atomic E-state index is -0.0281. The van der Waals surface area contributed by atoms with Crippen molar-refractivity contribution in [1.29, 1.82) is 0 Å². The van der Waals surface area contributed by atoms with Crippen LogP contribution in [0.15, 0.2) is 108 Å². The fraction of sp³-hybridized carbons (Fsp3) is 0.396. The Morgan fingerprint density at radius 2 is 0.965 bits per heavy atom. The van der Waals surface area contributed by atoms with E-state index in [4.69, 9.17) is 16.0 Å². The lowest BCUT2D eigenvalue weighted by Crippen LogP contribution is -2.34. The zero-order chi connectivity index (χ0) is 41.5. The Hall–Kier alpha value is -4.47. The lowest BCUT2D eigenvalue weighted by Gasteiger charge is -2.43. The Labute approximate surface area is 348 Å². The van der Waals surface area contributed by atoms with E-state index < -0.39 is 0 Å². The van der Waals surface area contributed by atoms with Gasteiger partial charge in [-0.15, -0.1) is 0 Å². The maximum Gasteiger partial charge on any atom is 0.136 e. The molecule has 5 aromatic carbocycles. The van der Waals surface area contributed by atoms with Crippen LogP contribution in [0.25, 0.3) is 11.0 Å². The molecule has 1 heterocycles. The molecule has 57 heavy (non-hydrogen) atoms. The lowest BCUT2D eigenvalue weighted by molar-refractivity contribution is 0.332. The minimum Gasteiger partial charge on any atom is -0.462 e. The topological polar surface area (TPSA) is 19.6 Å². The molecule has 0 unspecified atom stereocenters. The summed E-state index contributed by atoms with van der Waals surface area (Å²) in [5.74, 6) is 0. The van der Waals surface area contributed by atoms with Crippen LogP contribution in [0.2, 0.25) is 5.02 Å². The SMILES string of the molecule is Cc1cc2c(cc1N(c1cc(Cl)cc(N(c3ccc(C(C)(C)C)cc3)c3ccc(C(C)(C)C)cc3)c1)c1coc3ccc(C(C)(C)C)cc13)C(C)(C)CCC2(C)C. The third kappa shape index (κ3) is 7.90. The molecule has 0 saturated carbocycles. The predicted molar refractivity (Wildman–Crippen MR) is 247 cm³/mol. The number of benzene rings is 5. The third-order valence-electron chi connectivity index (χ3n) is 12.4. The zero-order valence-electron chi connectivity index (χ0n) is 36.9. The van der Waals surface area contributed by atoms with Gasteiger partial charge in [-0.25, -0.2) is 0 Å². The van der Waals surface area contributed by atoms with Gasteiger partial charge in [0.1, 0.15) is 11.8 Å². The van der Waals surface area contributed by atoms with Crippen molar-refractivity contribution in [3.05, 3.63) is 142 Å².